The molecule has 0 amide bonds. The van der Waals surface area contributed by atoms with E-state index in [0.29, 0.717) is 18.7 Å². The first-order chi connectivity index (χ1) is 8.88. The minimum absolute atomic E-state index is 0.0429. The summed E-state index contributed by atoms with van der Waals surface area (Å²) < 4.78 is 50.6. The van der Waals surface area contributed by atoms with E-state index in [2.05, 4.69) is 0 Å². The van der Waals surface area contributed by atoms with Crippen molar-refractivity contribution in [2.75, 3.05) is 18.8 Å². The summed E-state index contributed by atoms with van der Waals surface area (Å²) >= 11 is 0. The molecular weight excluding hydrogens is 260 g/mol. The number of anilines is 1. The first-order valence-electron chi connectivity index (χ1n) is 5.89. The summed E-state index contributed by atoms with van der Waals surface area (Å²) in [6.45, 7) is 0.845. The summed E-state index contributed by atoms with van der Waals surface area (Å²) in [5.41, 5.74) is 5.77. The molecule has 1 aliphatic heterocycles. The first kappa shape index (κ1) is 13.9. The molecule has 0 radical (unpaired) electrons. The number of hydrogen-bond donors (Lipinski definition) is 1. The molecule has 104 valence electrons. The van der Waals surface area contributed by atoms with Gasteiger partial charge < -0.3 is 5.73 Å². The number of nitrogens with two attached hydrogens (primary N) is 1. The lowest BCUT2D eigenvalue weighted by molar-refractivity contribution is -0.0960. The molecule has 0 aliphatic carbocycles. The van der Waals surface area contributed by atoms with E-state index in [9.17, 15) is 17.6 Å². The van der Waals surface area contributed by atoms with E-state index >= 15 is 0 Å². The average molecular weight is 274 g/mol. The smallest absolute Gasteiger partial charge is 0.396 e. The predicted molar refractivity (Wildman–Crippen MR) is 64.8 cm³/mol. The molecule has 0 saturated heterocycles. The number of rotatable bonds is 2. The van der Waals surface area contributed by atoms with Crippen LogP contribution >= 0.6 is 0 Å². The van der Waals surface area contributed by atoms with E-state index in [4.69, 9.17) is 5.73 Å². The first-order valence-corrected chi connectivity index (χ1v) is 5.89. The second-order valence-corrected chi connectivity index (χ2v) is 4.52. The highest BCUT2D eigenvalue weighted by Gasteiger charge is 2.34. The van der Waals surface area contributed by atoms with E-state index in [1.54, 1.807) is 17.0 Å². The Morgan fingerprint density at radius 1 is 1.26 bits per heavy atom. The molecule has 0 bridgehead atoms. The van der Waals surface area contributed by atoms with Crippen molar-refractivity contribution in [3.05, 3.63) is 41.2 Å². The monoisotopic (exact) mass is 274 g/mol. The summed E-state index contributed by atoms with van der Waals surface area (Å²) in [7, 11) is 0. The third-order valence-electron chi connectivity index (χ3n) is 3.19. The average Bonchev–Trinajstić information content (AvgIpc) is 2.35. The van der Waals surface area contributed by atoms with Gasteiger partial charge in [-0.25, -0.2) is 4.39 Å². The standard InChI is InChI=1S/C13H14F4N2/c14-11-3-1-2-9(12(11)18)8-19-6-4-10(5-7-19)13(15,16)17/h1-4H,5-8,18H2. The Balaban J connectivity index is 2.03. The van der Waals surface area contributed by atoms with Gasteiger partial charge in [-0.3, -0.25) is 4.90 Å². The van der Waals surface area contributed by atoms with Crippen LogP contribution in [-0.2, 0) is 6.54 Å². The fourth-order valence-corrected chi connectivity index (χ4v) is 2.07. The number of alkyl halides is 3. The minimum atomic E-state index is -4.25. The Bertz CT molecular complexity index is 494. The van der Waals surface area contributed by atoms with Gasteiger partial charge in [-0.15, -0.1) is 0 Å². The third kappa shape index (κ3) is 3.26. The molecule has 0 spiro atoms. The lowest BCUT2D eigenvalue weighted by atomic mass is 10.1. The quantitative estimate of drug-likeness (QED) is 0.510. The number of halogens is 4. The van der Waals surface area contributed by atoms with E-state index in [1.807, 2.05) is 0 Å². The number of para-hydroxylation sites is 1. The second-order valence-electron chi connectivity index (χ2n) is 4.52. The van der Waals surface area contributed by atoms with Gasteiger partial charge in [0.05, 0.1) is 5.69 Å². The van der Waals surface area contributed by atoms with Crippen LogP contribution in [0.3, 0.4) is 0 Å². The van der Waals surface area contributed by atoms with Gasteiger partial charge in [-0.05, 0) is 18.1 Å². The van der Waals surface area contributed by atoms with Crippen LogP contribution in [0.15, 0.2) is 29.8 Å². The van der Waals surface area contributed by atoms with Gasteiger partial charge in [-0.2, -0.15) is 13.2 Å². The predicted octanol–water partition coefficient (Wildman–Crippen LogP) is 3.10. The van der Waals surface area contributed by atoms with Crippen molar-refractivity contribution in [2.45, 2.75) is 19.1 Å². The van der Waals surface area contributed by atoms with Crippen molar-refractivity contribution in [3.8, 4) is 0 Å². The van der Waals surface area contributed by atoms with E-state index in [0.717, 1.165) is 0 Å². The second kappa shape index (κ2) is 5.21. The molecule has 1 aromatic rings. The van der Waals surface area contributed by atoms with Crippen molar-refractivity contribution < 1.29 is 17.6 Å². The van der Waals surface area contributed by atoms with Crippen LogP contribution in [0.4, 0.5) is 23.2 Å². The molecule has 2 rings (SSSR count). The highest BCUT2D eigenvalue weighted by Crippen LogP contribution is 2.30. The van der Waals surface area contributed by atoms with Crippen LogP contribution in [-0.4, -0.2) is 24.2 Å². The Hall–Kier alpha value is -1.56. The molecular formula is C13H14F4N2. The molecule has 1 aromatic carbocycles. The van der Waals surface area contributed by atoms with Crippen LogP contribution in [0.2, 0.25) is 0 Å². The Labute approximate surface area is 108 Å². The molecule has 2 N–H and O–H groups in total. The van der Waals surface area contributed by atoms with E-state index in [1.165, 1.54) is 12.1 Å². The molecule has 1 aliphatic rings. The molecule has 2 nitrogen and oxygen atoms in total. The van der Waals surface area contributed by atoms with Gasteiger partial charge in [0.15, 0.2) is 0 Å². The maximum Gasteiger partial charge on any atom is 0.412 e. The van der Waals surface area contributed by atoms with Crippen LogP contribution in [0.5, 0.6) is 0 Å². The Kier molecular flexibility index (Phi) is 3.80. The van der Waals surface area contributed by atoms with Gasteiger partial charge in [0.25, 0.3) is 0 Å². The van der Waals surface area contributed by atoms with Crippen LogP contribution in [0, 0.1) is 5.82 Å². The highest BCUT2D eigenvalue weighted by atomic mass is 19.4. The fraction of sp³-hybridized carbons (Fsp3) is 0.385. The maximum absolute atomic E-state index is 13.2. The molecule has 1 heterocycles. The zero-order chi connectivity index (χ0) is 14.0. The zero-order valence-corrected chi connectivity index (χ0v) is 10.2. The Morgan fingerprint density at radius 2 is 2.00 bits per heavy atom. The molecule has 6 heteroatoms. The summed E-state index contributed by atoms with van der Waals surface area (Å²) in [6, 6.07) is 4.49. The third-order valence-corrected chi connectivity index (χ3v) is 3.19. The molecule has 0 aromatic heterocycles. The molecule has 0 saturated carbocycles. The number of nitrogens with zero attached hydrogens (tertiary/aromatic N) is 1. The van der Waals surface area contributed by atoms with Crippen molar-refractivity contribution in [1.29, 1.82) is 0 Å². The fourth-order valence-electron chi connectivity index (χ4n) is 2.07. The van der Waals surface area contributed by atoms with Crippen molar-refractivity contribution in [3.63, 3.8) is 0 Å². The summed E-state index contributed by atoms with van der Waals surface area (Å²) in [6.07, 6.45) is -3.11. The van der Waals surface area contributed by atoms with Crippen molar-refractivity contribution in [2.24, 2.45) is 0 Å². The van der Waals surface area contributed by atoms with Crippen LogP contribution in [0.1, 0.15) is 12.0 Å². The topological polar surface area (TPSA) is 29.3 Å². The molecule has 0 unspecified atom stereocenters. The van der Waals surface area contributed by atoms with Crippen molar-refractivity contribution in [1.82, 2.24) is 4.90 Å². The maximum atomic E-state index is 13.2. The van der Waals surface area contributed by atoms with Gasteiger partial charge in [0.2, 0.25) is 0 Å². The van der Waals surface area contributed by atoms with Crippen LogP contribution < -0.4 is 5.73 Å². The SMILES string of the molecule is Nc1c(F)cccc1CN1CC=C(C(F)(F)F)CC1. The van der Waals surface area contributed by atoms with Crippen LogP contribution in [0.25, 0.3) is 0 Å². The molecule has 0 atom stereocenters. The lowest BCUT2D eigenvalue weighted by Crippen LogP contribution is -2.31. The van der Waals surface area contributed by atoms with Gasteiger partial charge >= 0.3 is 6.18 Å². The molecule has 0 fully saturated rings. The summed E-state index contributed by atoms with van der Waals surface area (Å²) in [5, 5.41) is 0. The minimum Gasteiger partial charge on any atom is -0.396 e. The summed E-state index contributed by atoms with van der Waals surface area (Å²) in [5.74, 6) is -0.499. The van der Waals surface area contributed by atoms with Gasteiger partial charge in [0.1, 0.15) is 5.82 Å². The lowest BCUT2D eigenvalue weighted by Gasteiger charge is -2.27. The number of benzene rings is 1. The highest BCUT2D eigenvalue weighted by molar-refractivity contribution is 5.47. The normalized spacial score (nSPS) is 17.4. The largest absolute Gasteiger partial charge is 0.412 e. The van der Waals surface area contributed by atoms with Gasteiger partial charge in [-0.1, -0.05) is 18.2 Å². The summed E-state index contributed by atoms with van der Waals surface area (Å²) in [4.78, 5) is 1.81. The van der Waals surface area contributed by atoms with E-state index in [-0.39, 0.29) is 18.7 Å². The van der Waals surface area contributed by atoms with E-state index < -0.39 is 17.6 Å². The zero-order valence-electron chi connectivity index (χ0n) is 10.2. The number of hydrogen-bond acceptors (Lipinski definition) is 2. The molecule has 19 heavy (non-hydrogen) atoms. The van der Waals surface area contributed by atoms with Crippen molar-refractivity contribution >= 4 is 5.69 Å². The number of nitrogen functional groups attached to an aromatic ring is 1. The van der Waals surface area contributed by atoms with Gasteiger partial charge in [0, 0.05) is 25.2 Å². The Morgan fingerprint density at radius 3 is 2.58 bits per heavy atom.